The van der Waals surface area contributed by atoms with Gasteiger partial charge in [0.25, 0.3) is 5.91 Å². The van der Waals surface area contributed by atoms with Crippen LogP contribution in [0.4, 0.5) is 0 Å². The maximum Gasteiger partial charge on any atom is 0.260 e. The van der Waals surface area contributed by atoms with E-state index in [-0.39, 0.29) is 25.0 Å². The molecule has 1 heterocycles. The highest BCUT2D eigenvalue weighted by Gasteiger charge is 2.20. The number of carbonyl (C=O) groups is 2. The highest BCUT2D eigenvalue weighted by Crippen LogP contribution is 2.27. The zero-order valence-corrected chi connectivity index (χ0v) is 12.2. The standard InChI is InChI=1S/C13H14Cl2N2O3/c14-9-2-3-11(10(15)6-9)20-8-13(19)17-5-1-4-16-12(18)7-17/h2-3,6H,1,4-5,7-8H2,(H,16,18). The monoisotopic (exact) mass is 316 g/mol. The summed E-state index contributed by atoms with van der Waals surface area (Å²) in [4.78, 5) is 24.9. The van der Waals surface area contributed by atoms with E-state index >= 15 is 0 Å². The number of hydrogen-bond donors (Lipinski definition) is 1. The number of nitrogens with zero attached hydrogens (tertiary/aromatic N) is 1. The number of nitrogens with one attached hydrogen (secondary N) is 1. The number of hydrogen-bond acceptors (Lipinski definition) is 3. The zero-order valence-electron chi connectivity index (χ0n) is 10.7. The largest absolute Gasteiger partial charge is 0.482 e. The molecule has 1 saturated heterocycles. The van der Waals surface area contributed by atoms with Crippen LogP contribution in [0.2, 0.25) is 10.0 Å². The van der Waals surface area contributed by atoms with Crippen molar-refractivity contribution in [2.45, 2.75) is 6.42 Å². The quantitative estimate of drug-likeness (QED) is 0.923. The average molecular weight is 317 g/mol. The van der Waals surface area contributed by atoms with Gasteiger partial charge in [-0.25, -0.2) is 0 Å². The summed E-state index contributed by atoms with van der Waals surface area (Å²) >= 11 is 11.7. The first kappa shape index (κ1) is 14.9. The van der Waals surface area contributed by atoms with Gasteiger partial charge in [-0.2, -0.15) is 0 Å². The second-order valence-corrected chi connectivity index (χ2v) is 5.23. The van der Waals surface area contributed by atoms with Crippen LogP contribution in [-0.4, -0.2) is 43.0 Å². The van der Waals surface area contributed by atoms with Crippen molar-refractivity contribution in [1.29, 1.82) is 0 Å². The highest BCUT2D eigenvalue weighted by molar-refractivity contribution is 6.35. The molecule has 1 aliphatic heterocycles. The van der Waals surface area contributed by atoms with Gasteiger partial charge < -0.3 is 15.0 Å². The molecule has 0 radical (unpaired) electrons. The minimum Gasteiger partial charge on any atom is -0.482 e. The molecule has 108 valence electrons. The molecule has 0 atom stereocenters. The van der Waals surface area contributed by atoms with E-state index in [9.17, 15) is 9.59 Å². The van der Waals surface area contributed by atoms with Crippen molar-refractivity contribution in [3.8, 4) is 5.75 Å². The average Bonchev–Trinajstić information content (AvgIpc) is 2.62. The highest BCUT2D eigenvalue weighted by atomic mass is 35.5. The van der Waals surface area contributed by atoms with E-state index in [1.165, 1.54) is 4.90 Å². The molecule has 0 aromatic heterocycles. The van der Waals surface area contributed by atoms with E-state index in [1.807, 2.05) is 0 Å². The van der Waals surface area contributed by atoms with Crippen LogP contribution in [0.5, 0.6) is 5.75 Å². The van der Waals surface area contributed by atoms with Crippen molar-refractivity contribution in [3.63, 3.8) is 0 Å². The molecule has 5 nitrogen and oxygen atoms in total. The van der Waals surface area contributed by atoms with E-state index in [1.54, 1.807) is 18.2 Å². The predicted molar refractivity (Wildman–Crippen MR) is 76.2 cm³/mol. The van der Waals surface area contributed by atoms with Gasteiger partial charge in [-0.1, -0.05) is 23.2 Å². The topological polar surface area (TPSA) is 58.6 Å². The summed E-state index contributed by atoms with van der Waals surface area (Å²) in [6, 6.07) is 4.78. The third-order valence-corrected chi connectivity index (χ3v) is 3.39. The molecule has 1 fully saturated rings. The first-order valence-corrected chi connectivity index (χ1v) is 6.94. The van der Waals surface area contributed by atoms with Gasteiger partial charge in [0, 0.05) is 18.1 Å². The smallest absolute Gasteiger partial charge is 0.260 e. The second-order valence-electron chi connectivity index (χ2n) is 4.38. The fourth-order valence-electron chi connectivity index (χ4n) is 1.84. The van der Waals surface area contributed by atoms with E-state index in [4.69, 9.17) is 27.9 Å². The second kappa shape index (κ2) is 6.81. The number of amides is 2. The number of halogens is 2. The number of benzene rings is 1. The van der Waals surface area contributed by atoms with Crippen LogP contribution in [0.1, 0.15) is 6.42 Å². The fraction of sp³-hybridized carbons (Fsp3) is 0.385. The Morgan fingerprint density at radius 3 is 2.95 bits per heavy atom. The summed E-state index contributed by atoms with van der Waals surface area (Å²) in [6.07, 6.45) is 0.735. The van der Waals surface area contributed by atoms with Crippen LogP contribution in [0.15, 0.2) is 18.2 Å². The van der Waals surface area contributed by atoms with Crippen LogP contribution in [0.25, 0.3) is 0 Å². The van der Waals surface area contributed by atoms with Crippen molar-refractivity contribution in [2.24, 2.45) is 0 Å². The SMILES string of the molecule is O=C1CN(C(=O)COc2ccc(Cl)cc2Cl)CCCN1. The molecule has 2 amide bonds. The van der Waals surface area contributed by atoms with Crippen molar-refractivity contribution >= 4 is 35.0 Å². The Bertz CT molecular complexity index is 522. The van der Waals surface area contributed by atoms with Crippen LogP contribution in [-0.2, 0) is 9.59 Å². The van der Waals surface area contributed by atoms with Crippen LogP contribution in [0.3, 0.4) is 0 Å². The lowest BCUT2D eigenvalue weighted by molar-refractivity contribution is -0.136. The van der Waals surface area contributed by atoms with Crippen molar-refractivity contribution in [3.05, 3.63) is 28.2 Å². The molecular weight excluding hydrogens is 303 g/mol. The number of rotatable bonds is 3. The Morgan fingerprint density at radius 2 is 2.20 bits per heavy atom. The van der Waals surface area contributed by atoms with Gasteiger partial charge in [-0.3, -0.25) is 9.59 Å². The summed E-state index contributed by atoms with van der Waals surface area (Å²) in [6.45, 7) is 1.03. The molecule has 0 saturated carbocycles. The lowest BCUT2D eigenvalue weighted by Gasteiger charge is -2.19. The fourth-order valence-corrected chi connectivity index (χ4v) is 2.30. The van der Waals surface area contributed by atoms with Crippen LogP contribution >= 0.6 is 23.2 Å². The maximum absolute atomic E-state index is 12.0. The van der Waals surface area contributed by atoms with Gasteiger partial charge in [0.2, 0.25) is 5.91 Å². The molecule has 1 aromatic carbocycles. The summed E-state index contributed by atoms with van der Waals surface area (Å²) in [5.74, 6) is -0.00266. The molecule has 7 heteroatoms. The Balaban J connectivity index is 1.92. The summed E-state index contributed by atoms with van der Waals surface area (Å²) in [7, 11) is 0. The molecule has 0 aliphatic carbocycles. The lowest BCUT2D eigenvalue weighted by atomic mass is 10.3. The Labute approximate surface area is 126 Å². The van der Waals surface area contributed by atoms with E-state index < -0.39 is 0 Å². The minimum absolute atomic E-state index is 0.0660. The third-order valence-electron chi connectivity index (χ3n) is 2.86. The zero-order chi connectivity index (χ0) is 14.5. The van der Waals surface area contributed by atoms with Gasteiger partial charge in [-0.05, 0) is 24.6 Å². The first-order chi connectivity index (χ1) is 9.56. The predicted octanol–water partition coefficient (Wildman–Crippen LogP) is 1.72. The molecule has 20 heavy (non-hydrogen) atoms. The number of ether oxygens (including phenoxy) is 1. The Kier molecular flexibility index (Phi) is 5.09. The minimum atomic E-state index is -0.243. The normalized spacial score (nSPS) is 15.5. The number of carbonyl (C=O) groups excluding carboxylic acids is 2. The first-order valence-electron chi connectivity index (χ1n) is 6.18. The molecule has 0 bridgehead atoms. The van der Waals surface area contributed by atoms with Crippen LogP contribution in [0, 0.1) is 0 Å². The van der Waals surface area contributed by atoms with Gasteiger partial charge in [0.1, 0.15) is 5.75 Å². The van der Waals surface area contributed by atoms with E-state index in [0.717, 1.165) is 6.42 Å². The van der Waals surface area contributed by atoms with Gasteiger partial charge in [0.15, 0.2) is 6.61 Å². The van der Waals surface area contributed by atoms with Crippen molar-refractivity contribution < 1.29 is 14.3 Å². The maximum atomic E-state index is 12.0. The van der Waals surface area contributed by atoms with Crippen molar-refractivity contribution in [2.75, 3.05) is 26.2 Å². The molecule has 1 aromatic rings. The van der Waals surface area contributed by atoms with Gasteiger partial charge in [-0.15, -0.1) is 0 Å². The molecule has 1 aliphatic rings. The Morgan fingerprint density at radius 1 is 1.40 bits per heavy atom. The third kappa shape index (κ3) is 4.02. The van der Waals surface area contributed by atoms with Crippen molar-refractivity contribution in [1.82, 2.24) is 10.2 Å². The molecular formula is C13H14Cl2N2O3. The van der Waals surface area contributed by atoms with E-state index in [0.29, 0.717) is 28.9 Å². The van der Waals surface area contributed by atoms with Crippen LogP contribution < -0.4 is 10.1 Å². The summed E-state index contributed by atoms with van der Waals surface area (Å²) in [5, 5.41) is 3.55. The summed E-state index contributed by atoms with van der Waals surface area (Å²) < 4.78 is 5.37. The Hall–Kier alpha value is -1.46. The van der Waals surface area contributed by atoms with E-state index in [2.05, 4.69) is 5.32 Å². The summed E-state index contributed by atoms with van der Waals surface area (Å²) in [5.41, 5.74) is 0. The van der Waals surface area contributed by atoms with Gasteiger partial charge >= 0.3 is 0 Å². The lowest BCUT2D eigenvalue weighted by Crippen LogP contribution is -2.39. The van der Waals surface area contributed by atoms with Gasteiger partial charge in [0.05, 0.1) is 11.6 Å². The molecule has 2 rings (SSSR count). The molecule has 1 N–H and O–H groups in total. The molecule has 0 unspecified atom stereocenters. The molecule has 0 spiro atoms.